The predicted molar refractivity (Wildman–Crippen MR) is 32.7 cm³/mol. The number of aromatic nitrogens is 3. The maximum atomic E-state index is 3.92. The lowest BCUT2D eigenvalue weighted by molar-refractivity contribution is 1.12. The van der Waals surface area contributed by atoms with E-state index in [0.29, 0.717) is 0 Å². The summed E-state index contributed by atoms with van der Waals surface area (Å²) in [6.45, 7) is 0. The summed E-state index contributed by atoms with van der Waals surface area (Å²) in [5.41, 5.74) is 1.81. The molecule has 0 saturated carbocycles. The van der Waals surface area contributed by atoms with Gasteiger partial charge in [-0.05, 0) is 12.1 Å². The second-order valence-electron chi connectivity index (χ2n) is 1.74. The highest BCUT2D eigenvalue weighted by atomic mass is 15.1. The summed E-state index contributed by atoms with van der Waals surface area (Å²) < 4.78 is 0. The Hall–Kier alpha value is -1.38. The van der Waals surface area contributed by atoms with Crippen molar-refractivity contribution < 1.29 is 0 Å². The topological polar surface area (TPSA) is 41.6 Å². The first-order valence-electron chi connectivity index (χ1n) is 2.63. The summed E-state index contributed by atoms with van der Waals surface area (Å²) in [4.78, 5) is 3.92. The van der Waals surface area contributed by atoms with Gasteiger partial charge in [-0.3, -0.25) is 5.10 Å². The van der Waals surface area contributed by atoms with Gasteiger partial charge in [-0.1, -0.05) is 0 Å². The van der Waals surface area contributed by atoms with E-state index < -0.39 is 0 Å². The van der Waals surface area contributed by atoms with Crippen molar-refractivity contribution in [1.82, 2.24) is 15.2 Å². The molecule has 1 radical (unpaired) electrons. The van der Waals surface area contributed by atoms with Crippen molar-refractivity contribution in [3.8, 4) is 0 Å². The quantitative estimate of drug-likeness (QED) is 0.554. The van der Waals surface area contributed by atoms with Gasteiger partial charge in [0.2, 0.25) is 0 Å². The Labute approximate surface area is 51.7 Å². The fourth-order valence-corrected chi connectivity index (χ4v) is 0.729. The number of fused-ring (bicyclic) bond motifs is 1. The van der Waals surface area contributed by atoms with Gasteiger partial charge in [0.15, 0.2) is 0 Å². The molecule has 2 aromatic heterocycles. The van der Waals surface area contributed by atoms with Crippen LogP contribution in [-0.2, 0) is 0 Å². The third-order valence-corrected chi connectivity index (χ3v) is 1.16. The minimum Gasteiger partial charge on any atom is -0.276 e. The number of nitrogens with zero attached hydrogens (tertiary/aromatic N) is 2. The average molecular weight is 118 g/mol. The first kappa shape index (κ1) is 4.49. The molecule has 9 heavy (non-hydrogen) atoms. The number of H-pyrrole nitrogens is 1. The lowest BCUT2D eigenvalue weighted by Crippen LogP contribution is -1.70. The van der Waals surface area contributed by atoms with Crippen LogP contribution in [0.25, 0.3) is 11.0 Å². The second kappa shape index (κ2) is 1.55. The Morgan fingerprint density at radius 1 is 1.56 bits per heavy atom. The van der Waals surface area contributed by atoms with E-state index in [1.807, 2.05) is 6.07 Å². The molecule has 1 N–H and O–H groups in total. The van der Waals surface area contributed by atoms with Gasteiger partial charge in [-0.2, -0.15) is 5.10 Å². The monoisotopic (exact) mass is 118 g/mol. The lowest BCUT2D eigenvalue weighted by atomic mass is 10.4. The number of pyridine rings is 1. The fourth-order valence-electron chi connectivity index (χ4n) is 0.729. The van der Waals surface area contributed by atoms with Crippen LogP contribution in [0.4, 0.5) is 0 Å². The lowest BCUT2D eigenvalue weighted by Gasteiger charge is -1.80. The molecule has 0 amide bonds. The molecular formula is C6H4N3. The Kier molecular flexibility index (Phi) is 0.773. The van der Waals surface area contributed by atoms with Gasteiger partial charge in [0.1, 0.15) is 5.52 Å². The first-order valence-corrected chi connectivity index (χ1v) is 2.63. The summed E-state index contributed by atoms with van der Waals surface area (Å²) in [7, 11) is 0. The van der Waals surface area contributed by atoms with Crippen molar-refractivity contribution in [2.24, 2.45) is 0 Å². The molecule has 0 aliphatic heterocycles. The number of rotatable bonds is 0. The summed E-state index contributed by atoms with van der Waals surface area (Å²) in [5.74, 6) is 0. The maximum absolute atomic E-state index is 3.92. The summed E-state index contributed by atoms with van der Waals surface area (Å²) in [6.07, 6.45) is 4.38. The van der Waals surface area contributed by atoms with E-state index in [1.54, 1.807) is 12.3 Å². The van der Waals surface area contributed by atoms with Crippen molar-refractivity contribution in [3.63, 3.8) is 0 Å². The van der Waals surface area contributed by atoms with Crippen LogP contribution in [-0.4, -0.2) is 15.2 Å². The molecule has 0 atom stereocenters. The van der Waals surface area contributed by atoms with Crippen LogP contribution < -0.4 is 0 Å². The van der Waals surface area contributed by atoms with E-state index >= 15 is 0 Å². The molecule has 0 spiro atoms. The standard InChI is InChI=1S/C6H4N3/c1-2-5-6(7-3-1)4-8-9-5/h1-2,4H,(H,8,9). The molecule has 2 heterocycles. The summed E-state index contributed by atoms with van der Waals surface area (Å²) in [5, 5.41) is 6.58. The minimum atomic E-state index is 0.859. The van der Waals surface area contributed by atoms with Gasteiger partial charge in [-0.15, -0.1) is 0 Å². The van der Waals surface area contributed by atoms with Gasteiger partial charge in [-0.25, -0.2) is 4.98 Å². The summed E-state index contributed by atoms with van der Waals surface area (Å²) in [6, 6.07) is 3.63. The average Bonchev–Trinajstić information content (AvgIpc) is 2.33. The van der Waals surface area contributed by atoms with Crippen molar-refractivity contribution in [3.05, 3.63) is 24.5 Å². The van der Waals surface area contributed by atoms with Crippen LogP contribution in [0, 0.1) is 6.20 Å². The van der Waals surface area contributed by atoms with Crippen molar-refractivity contribution in [2.45, 2.75) is 0 Å². The molecule has 3 nitrogen and oxygen atoms in total. The predicted octanol–water partition coefficient (Wildman–Crippen LogP) is 0.758. The fraction of sp³-hybridized carbons (Fsp3) is 0. The van der Waals surface area contributed by atoms with Crippen molar-refractivity contribution in [1.29, 1.82) is 0 Å². The van der Waals surface area contributed by atoms with E-state index in [2.05, 4.69) is 21.4 Å². The Balaban J connectivity index is 2.95. The third kappa shape index (κ3) is 0.579. The molecule has 0 aliphatic carbocycles. The van der Waals surface area contributed by atoms with Crippen molar-refractivity contribution >= 4 is 11.0 Å². The zero-order chi connectivity index (χ0) is 6.10. The van der Waals surface area contributed by atoms with Crippen LogP contribution in [0.5, 0.6) is 0 Å². The van der Waals surface area contributed by atoms with Crippen molar-refractivity contribution in [2.75, 3.05) is 0 Å². The van der Waals surface area contributed by atoms with Gasteiger partial charge >= 0.3 is 0 Å². The Morgan fingerprint density at radius 2 is 2.56 bits per heavy atom. The molecule has 0 bridgehead atoms. The van der Waals surface area contributed by atoms with Crippen LogP contribution in [0.2, 0.25) is 0 Å². The molecule has 43 valence electrons. The van der Waals surface area contributed by atoms with E-state index in [9.17, 15) is 0 Å². The van der Waals surface area contributed by atoms with Gasteiger partial charge in [0, 0.05) is 0 Å². The Morgan fingerprint density at radius 3 is 3.44 bits per heavy atom. The largest absolute Gasteiger partial charge is 0.276 e. The zero-order valence-corrected chi connectivity index (χ0v) is 4.63. The van der Waals surface area contributed by atoms with Gasteiger partial charge in [0.05, 0.1) is 17.9 Å². The number of hydrogen-bond acceptors (Lipinski definition) is 2. The molecular weight excluding hydrogens is 114 g/mol. The normalized spacial score (nSPS) is 10.2. The van der Waals surface area contributed by atoms with E-state index in [4.69, 9.17) is 0 Å². The zero-order valence-electron chi connectivity index (χ0n) is 4.63. The van der Waals surface area contributed by atoms with E-state index in [1.165, 1.54) is 0 Å². The molecule has 0 unspecified atom stereocenters. The highest BCUT2D eigenvalue weighted by Gasteiger charge is 1.90. The third-order valence-electron chi connectivity index (χ3n) is 1.16. The van der Waals surface area contributed by atoms with Crippen LogP contribution in [0.15, 0.2) is 18.3 Å². The SMILES string of the molecule is [c]1ccc2[nH]ncc2n1. The summed E-state index contributed by atoms with van der Waals surface area (Å²) >= 11 is 0. The molecule has 2 aromatic rings. The van der Waals surface area contributed by atoms with E-state index in [-0.39, 0.29) is 0 Å². The highest BCUT2D eigenvalue weighted by Crippen LogP contribution is 2.02. The Bertz CT molecular complexity index is 282. The molecule has 0 saturated heterocycles. The first-order chi connectivity index (χ1) is 4.47. The maximum Gasteiger partial charge on any atom is 0.109 e. The second-order valence-corrected chi connectivity index (χ2v) is 1.74. The van der Waals surface area contributed by atoms with Crippen LogP contribution in [0.1, 0.15) is 0 Å². The molecule has 0 aliphatic rings. The molecule has 0 aromatic carbocycles. The molecule has 2 rings (SSSR count). The van der Waals surface area contributed by atoms with Gasteiger partial charge < -0.3 is 0 Å². The van der Waals surface area contributed by atoms with Gasteiger partial charge in [0.25, 0.3) is 0 Å². The number of aromatic amines is 1. The van der Waals surface area contributed by atoms with Crippen LogP contribution in [0.3, 0.4) is 0 Å². The number of nitrogens with one attached hydrogen (secondary N) is 1. The van der Waals surface area contributed by atoms with Crippen LogP contribution >= 0.6 is 0 Å². The smallest absolute Gasteiger partial charge is 0.109 e. The van der Waals surface area contributed by atoms with E-state index in [0.717, 1.165) is 11.0 Å². The minimum absolute atomic E-state index is 0.859. The number of hydrogen-bond donors (Lipinski definition) is 1. The highest BCUT2D eigenvalue weighted by molar-refractivity contribution is 5.72. The molecule has 3 heteroatoms. The molecule has 0 fully saturated rings.